The highest BCUT2D eigenvalue weighted by atomic mass is 16.6. The van der Waals surface area contributed by atoms with Gasteiger partial charge in [-0.1, -0.05) is 0 Å². The van der Waals surface area contributed by atoms with E-state index in [-0.39, 0.29) is 6.10 Å². The molecule has 0 aliphatic carbocycles. The number of hydrogen-bond donors (Lipinski definition) is 1. The third-order valence-corrected chi connectivity index (χ3v) is 2.00. The molecule has 0 spiro atoms. The van der Waals surface area contributed by atoms with Crippen molar-refractivity contribution in [2.45, 2.75) is 32.5 Å². The lowest BCUT2D eigenvalue weighted by Crippen LogP contribution is -2.53. The SMILES string of the molecule is CC(C)(C)OC(=O)/C=C/OC1CN(C(=O)O)C1. The van der Waals surface area contributed by atoms with Crippen LogP contribution in [-0.4, -0.2) is 46.9 Å². The van der Waals surface area contributed by atoms with E-state index in [0.717, 1.165) is 0 Å². The van der Waals surface area contributed by atoms with Crippen LogP contribution in [0.3, 0.4) is 0 Å². The number of esters is 1. The number of ether oxygens (including phenoxy) is 2. The predicted octanol–water partition coefficient (Wildman–Crippen LogP) is 1.22. The molecule has 1 N–H and O–H groups in total. The average Bonchev–Trinajstić information content (AvgIpc) is 2.04. The van der Waals surface area contributed by atoms with Crippen molar-refractivity contribution in [3.8, 4) is 0 Å². The summed E-state index contributed by atoms with van der Waals surface area (Å²) in [7, 11) is 0. The van der Waals surface area contributed by atoms with Gasteiger partial charge in [0, 0.05) is 0 Å². The number of amides is 1. The Morgan fingerprint density at radius 1 is 1.35 bits per heavy atom. The van der Waals surface area contributed by atoms with E-state index in [9.17, 15) is 9.59 Å². The first-order valence-electron chi connectivity index (χ1n) is 5.31. The van der Waals surface area contributed by atoms with Gasteiger partial charge in [0.2, 0.25) is 0 Å². The highest BCUT2D eigenvalue weighted by molar-refractivity contribution is 5.81. The van der Waals surface area contributed by atoms with Gasteiger partial charge in [-0.25, -0.2) is 9.59 Å². The van der Waals surface area contributed by atoms with Crippen molar-refractivity contribution in [2.24, 2.45) is 0 Å². The van der Waals surface area contributed by atoms with Crippen LogP contribution in [-0.2, 0) is 14.3 Å². The van der Waals surface area contributed by atoms with Crippen LogP contribution in [0.5, 0.6) is 0 Å². The summed E-state index contributed by atoms with van der Waals surface area (Å²) in [6.07, 6.45) is 1.30. The van der Waals surface area contributed by atoms with Crippen LogP contribution in [0.4, 0.5) is 4.79 Å². The van der Waals surface area contributed by atoms with E-state index < -0.39 is 17.7 Å². The maximum atomic E-state index is 11.2. The Bertz CT molecular complexity index is 325. The summed E-state index contributed by atoms with van der Waals surface area (Å²) in [5.74, 6) is -0.480. The van der Waals surface area contributed by atoms with Crippen molar-refractivity contribution in [2.75, 3.05) is 13.1 Å². The summed E-state index contributed by atoms with van der Waals surface area (Å²) in [5, 5.41) is 8.57. The topological polar surface area (TPSA) is 76.1 Å². The van der Waals surface area contributed by atoms with Gasteiger partial charge < -0.3 is 19.5 Å². The summed E-state index contributed by atoms with van der Waals surface area (Å²) < 4.78 is 10.2. The zero-order valence-corrected chi connectivity index (χ0v) is 10.2. The van der Waals surface area contributed by atoms with Crippen LogP contribution >= 0.6 is 0 Å². The molecule has 0 radical (unpaired) electrons. The molecule has 1 rings (SSSR count). The van der Waals surface area contributed by atoms with Crippen molar-refractivity contribution in [3.05, 3.63) is 12.3 Å². The minimum absolute atomic E-state index is 0.176. The Kier molecular flexibility index (Phi) is 3.98. The molecular weight excluding hydrogens is 226 g/mol. The molecule has 0 unspecified atom stereocenters. The molecule has 0 aromatic heterocycles. The van der Waals surface area contributed by atoms with Crippen molar-refractivity contribution in [1.82, 2.24) is 4.90 Å². The normalized spacial score (nSPS) is 16.8. The van der Waals surface area contributed by atoms with E-state index >= 15 is 0 Å². The van der Waals surface area contributed by atoms with Crippen molar-refractivity contribution < 1.29 is 24.2 Å². The van der Waals surface area contributed by atoms with Crippen molar-refractivity contribution >= 4 is 12.1 Å². The summed E-state index contributed by atoms with van der Waals surface area (Å²) in [5.41, 5.74) is -0.530. The maximum Gasteiger partial charge on any atom is 0.407 e. The lowest BCUT2D eigenvalue weighted by atomic mass is 10.2. The molecule has 1 fully saturated rings. The lowest BCUT2D eigenvalue weighted by molar-refractivity contribution is -0.148. The molecular formula is C11H17NO5. The molecule has 0 saturated carbocycles. The third-order valence-electron chi connectivity index (χ3n) is 2.00. The maximum absolute atomic E-state index is 11.2. The Balaban J connectivity index is 2.19. The van der Waals surface area contributed by atoms with Gasteiger partial charge in [0.25, 0.3) is 0 Å². The molecule has 96 valence electrons. The minimum Gasteiger partial charge on any atom is -0.494 e. The number of carbonyl (C=O) groups excluding carboxylic acids is 1. The molecule has 1 aliphatic heterocycles. The molecule has 1 saturated heterocycles. The standard InChI is InChI=1S/C11H17NO5/c1-11(2,3)17-9(13)4-5-16-8-6-12(7-8)10(14)15/h4-5,8H,6-7H2,1-3H3,(H,14,15)/b5-4+. The second kappa shape index (κ2) is 5.07. The molecule has 1 heterocycles. The summed E-state index contributed by atoms with van der Waals surface area (Å²) in [6.45, 7) is 5.98. The van der Waals surface area contributed by atoms with Crippen molar-refractivity contribution in [3.63, 3.8) is 0 Å². The summed E-state index contributed by atoms with van der Waals surface area (Å²) in [6, 6.07) is 0. The number of hydrogen-bond acceptors (Lipinski definition) is 4. The fraction of sp³-hybridized carbons (Fsp3) is 0.636. The molecule has 6 heteroatoms. The van der Waals surface area contributed by atoms with Gasteiger partial charge in [-0.3, -0.25) is 0 Å². The van der Waals surface area contributed by atoms with E-state index in [1.165, 1.54) is 17.2 Å². The molecule has 0 atom stereocenters. The smallest absolute Gasteiger partial charge is 0.407 e. The van der Waals surface area contributed by atoms with Gasteiger partial charge in [-0.2, -0.15) is 0 Å². The number of carboxylic acid groups (broad SMARTS) is 1. The number of rotatable bonds is 3. The van der Waals surface area contributed by atoms with Gasteiger partial charge in [0.15, 0.2) is 0 Å². The second-order valence-corrected chi connectivity index (χ2v) is 4.78. The van der Waals surface area contributed by atoms with Gasteiger partial charge in [0.05, 0.1) is 25.4 Å². The first-order valence-corrected chi connectivity index (χ1v) is 5.31. The van der Waals surface area contributed by atoms with Crippen LogP contribution in [0.25, 0.3) is 0 Å². The lowest BCUT2D eigenvalue weighted by Gasteiger charge is -2.35. The van der Waals surface area contributed by atoms with E-state index in [4.69, 9.17) is 14.6 Å². The quantitative estimate of drug-likeness (QED) is 0.458. The van der Waals surface area contributed by atoms with E-state index in [2.05, 4.69) is 0 Å². The van der Waals surface area contributed by atoms with E-state index in [1.807, 2.05) is 0 Å². The fourth-order valence-electron chi connectivity index (χ4n) is 1.22. The first-order chi connectivity index (χ1) is 7.78. The first kappa shape index (κ1) is 13.3. The van der Waals surface area contributed by atoms with E-state index in [0.29, 0.717) is 13.1 Å². The predicted molar refractivity (Wildman–Crippen MR) is 59.5 cm³/mol. The molecule has 1 aliphatic rings. The second-order valence-electron chi connectivity index (χ2n) is 4.78. The van der Waals surface area contributed by atoms with Crippen LogP contribution in [0, 0.1) is 0 Å². The summed E-state index contributed by atoms with van der Waals surface area (Å²) in [4.78, 5) is 22.9. The molecule has 0 aromatic rings. The van der Waals surface area contributed by atoms with Crippen LogP contribution < -0.4 is 0 Å². The Morgan fingerprint density at radius 2 is 1.94 bits per heavy atom. The Hall–Kier alpha value is -1.72. The third kappa shape index (κ3) is 4.76. The molecule has 1 amide bonds. The monoisotopic (exact) mass is 243 g/mol. The summed E-state index contributed by atoms with van der Waals surface area (Å²) >= 11 is 0. The largest absolute Gasteiger partial charge is 0.494 e. The number of likely N-dealkylation sites (tertiary alicyclic amines) is 1. The number of nitrogens with zero attached hydrogens (tertiary/aromatic N) is 1. The highest BCUT2D eigenvalue weighted by Gasteiger charge is 2.31. The van der Waals surface area contributed by atoms with Gasteiger partial charge in [-0.05, 0) is 20.8 Å². The van der Waals surface area contributed by atoms with Crippen LogP contribution in [0.15, 0.2) is 12.3 Å². The van der Waals surface area contributed by atoms with Gasteiger partial charge in [0.1, 0.15) is 11.7 Å². The highest BCUT2D eigenvalue weighted by Crippen LogP contribution is 2.12. The Labute approximate surface area is 99.8 Å². The Morgan fingerprint density at radius 3 is 2.41 bits per heavy atom. The molecule has 6 nitrogen and oxygen atoms in total. The fourth-order valence-corrected chi connectivity index (χ4v) is 1.22. The average molecular weight is 243 g/mol. The number of carbonyl (C=O) groups is 2. The minimum atomic E-state index is -0.957. The molecule has 17 heavy (non-hydrogen) atoms. The zero-order chi connectivity index (χ0) is 13.1. The molecule has 0 bridgehead atoms. The van der Waals surface area contributed by atoms with Crippen LogP contribution in [0.1, 0.15) is 20.8 Å². The van der Waals surface area contributed by atoms with E-state index in [1.54, 1.807) is 20.8 Å². The van der Waals surface area contributed by atoms with Crippen LogP contribution in [0.2, 0.25) is 0 Å². The zero-order valence-electron chi connectivity index (χ0n) is 10.2. The van der Waals surface area contributed by atoms with Gasteiger partial charge in [-0.15, -0.1) is 0 Å². The van der Waals surface area contributed by atoms with Gasteiger partial charge >= 0.3 is 12.1 Å². The van der Waals surface area contributed by atoms with Crippen molar-refractivity contribution in [1.29, 1.82) is 0 Å². The molecule has 0 aromatic carbocycles.